The van der Waals surface area contributed by atoms with E-state index in [4.69, 9.17) is 4.74 Å². The Morgan fingerprint density at radius 2 is 1.73 bits per heavy atom. The molecule has 3 nitrogen and oxygen atoms in total. The molecule has 0 bridgehead atoms. The van der Waals surface area contributed by atoms with Crippen molar-refractivity contribution < 1.29 is 9.13 Å². The van der Waals surface area contributed by atoms with Crippen LogP contribution in [-0.4, -0.2) is 31.1 Å². The zero-order valence-electron chi connectivity index (χ0n) is 12.2. The van der Waals surface area contributed by atoms with Crippen LogP contribution >= 0.6 is 0 Å². The second kappa shape index (κ2) is 5.46. The molecule has 112 valence electrons. The molecule has 4 rings (SSSR count). The number of benzene rings is 2. The van der Waals surface area contributed by atoms with Gasteiger partial charge in [-0.25, -0.2) is 4.39 Å². The Hall–Kier alpha value is -2.33. The van der Waals surface area contributed by atoms with E-state index in [1.54, 1.807) is 6.07 Å². The lowest BCUT2D eigenvalue weighted by atomic mass is 10.1. The van der Waals surface area contributed by atoms with Gasteiger partial charge in [-0.15, -0.1) is 0 Å². The normalized spacial score (nSPS) is 17.0. The predicted octanol–water partition coefficient (Wildman–Crippen LogP) is 3.33. The summed E-state index contributed by atoms with van der Waals surface area (Å²) in [5.41, 5.74) is 2.56. The molecular weight excluding hydrogens is 279 g/mol. The second-order valence-corrected chi connectivity index (χ2v) is 5.52. The number of piperazine rings is 1. The fraction of sp³-hybridized carbons (Fsp3) is 0.222. The lowest BCUT2D eigenvalue weighted by Crippen LogP contribution is -2.42. The van der Waals surface area contributed by atoms with Crippen molar-refractivity contribution in [2.75, 3.05) is 26.2 Å². The SMILES string of the molecule is Fc1cccc2c1C=C(N1CCNCC1)c1ccccc1O2. The number of fused-ring (bicyclic) bond motifs is 2. The highest BCUT2D eigenvalue weighted by molar-refractivity contribution is 5.86. The van der Waals surface area contributed by atoms with Crippen molar-refractivity contribution in [3.8, 4) is 11.5 Å². The average Bonchev–Trinajstić information content (AvgIpc) is 2.73. The maximum Gasteiger partial charge on any atom is 0.137 e. The summed E-state index contributed by atoms with van der Waals surface area (Å²) in [6.07, 6.45) is 1.92. The van der Waals surface area contributed by atoms with E-state index < -0.39 is 0 Å². The molecule has 2 aromatic carbocycles. The quantitative estimate of drug-likeness (QED) is 0.873. The van der Waals surface area contributed by atoms with Gasteiger partial charge in [-0.3, -0.25) is 0 Å². The standard InChI is InChI=1S/C18H17FN2O/c19-15-5-3-7-18-14(15)12-16(21-10-8-20-9-11-21)13-4-1-2-6-17(13)22-18/h1-7,12,20H,8-11H2. The van der Waals surface area contributed by atoms with Crippen molar-refractivity contribution in [3.05, 3.63) is 59.4 Å². The molecule has 0 radical (unpaired) electrons. The van der Waals surface area contributed by atoms with Gasteiger partial charge < -0.3 is 15.0 Å². The topological polar surface area (TPSA) is 24.5 Å². The van der Waals surface area contributed by atoms with E-state index >= 15 is 0 Å². The van der Waals surface area contributed by atoms with Crippen LogP contribution < -0.4 is 10.1 Å². The summed E-state index contributed by atoms with van der Waals surface area (Å²) in [7, 11) is 0. The molecule has 0 amide bonds. The van der Waals surface area contributed by atoms with E-state index in [2.05, 4.69) is 10.2 Å². The number of rotatable bonds is 1. The first-order chi connectivity index (χ1) is 10.8. The maximum atomic E-state index is 14.3. The van der Waals surface area contributed by atoms with Crippen LogP contribution in [0.4, 0.5) is 4.39 Å². The Morgan fingerprint density at radius 3 is 2.59 bits per heavy atom. The van der Waals surface area contributed by atoms with Gasteiger partial charge in [0.1, 0.15) is 17.3 Å². The summed E-state index contributed by atoms with van der Waals surface area (Å²) in [5.74, 6) is 1.09. The molecule has 0 aromatic heterocycles. The molecule has 2 aliphatic heterocycles. The van der Waals surface area contributed by atoms with Crippen molar-refractivity contribution >= 4 is 11.8 Å². The minimum Gasteiger partial charge on any atom is -0.456 e. The maximum absolute atomic E-state index is 14.3. The molecule has 2 heterocycles. The molecule has 0 atom stereocenters. The first-order valence-corrected chi connectivity index (χ1v) is 7.56. The van der Waals surface area contributed by atoms with Crippen LogP contribution in [0, 0.1) is 5.82 Å². The average molecular weight is 296 g/mol. The van der Waals surface area contributed by atoms with Gasteiger partial charge >= 0.3 is 0 Å². The molecule has 4 heteroatoms. The molecule has 2 aliphatic rings. The number of hydrogen-bond donors (Lipinski definition) is 1. The fourth-order valence-electron chi connectivity index (χ4n) is 3.01. The molecular formula is C18H17FN2O. The molecule has 1 N–H and O–H groups in total. The zero-order valence-corrected chi connectivity index (χ0v) is 12.2. The van der Waals surface area contributed by atoms with Crippen molar-refractivity contribution in [2.24, 2.45) is 0 Å². The van der Waals surface area contributed by atoms with Crippen LogP contribution in [0.25, 0.3) is 11.8 Å². The Morgan fingerprint density at radius 1 is 0.955 bits per heavy atom. The first kappa shape index (κ1) is 13.3. The van der Waals surface area contributed by atoms with Gasteiger partial charge in [0, 0.05) is 37.4 Å². The summed E-state index contributed by atoms with van der Waals surface area (Å²) in [6.45, 7) is 3.68. The van der Waals surface area contributed by atoms with Gasteiger partial charge in [0.15, 0.2) is 0 Å². The lowest BCUT2D eigenvalue weighted by molar-refractivity contribution is 0.341. The van der Waals surface area contributed by atoms with E-state index in [1.807, 2.05) is 36.4 Å². The summed E-state index contributed by atoms with van der Waals surface area (Å²) in [4.78, 5) is 2.29. The molecule has 0 unspecified atom stereocenters. The smallest absolute Gasteiger partial charge is 0.137 e. The van der Waals surface area contributed by atoms with E-state index in [0.717, 1.165) is 43.2 Å². The predicted molar refractivity (Wildman–Crippen MR) is 85.2 cm³/mol. The minimum atomic E-state index is -0.252. The number of para-hydroxylation sites is 1. The van der Waals surface area contributed by atoms with Crippen LogP contribution in [0.15, 0.2) is 42.5 Å². The number of ether oxygens (including phenoxy) is 1. The van der Waals surface area contributed by atoms with Gasteiger partial charge in [-0.2, -0.15) is 0 Å². The molecule has 1 fully saturated rings. The van der Waals surface area contributed by atoms with Gasteiger partial charge in [-0.1, -0.05) is 18.2 Å². The third-order valence-corrected chi connectivity index (χ3v) is 4.13. The van der Waals surface area contributed by atoms with Crippen LogP contribution in [0.3, 0.4) is 0 Å². The number of nitrogens with one attached hydrogen (secondary N) is 1. The highest BCUT2D eigenvalue weighted by Gasteiger charge is 2.23. The Bertz CT molecular complexity index is 736. The first-order valence-electron chi connectivity index (χ1n) is 7.56. The van der Waals surface area contributed by atoms with Crippen LogP contribution in [0.1, 0.15) is 11.1 Å². The molecule has 0 spiro atoms. The van der Waals surface area contributed by atoms with E-state index in [9.17, 15) is 4.39 Å². The van der Waals surface area contributed by atoms with Crippen LogP contribution in [0.2, 0.25) is 0 Å². The van der Waals surface area contributed by atoms with E-state index in [1.165, 1.54) is 6.07 Å². The minimum absolute atomic E-state index is 0.252. The monoisotopic (exact) mass is 296 g/mol. The molecule has 1 saturated heterocycles. The third-order valence-electron chi connectivity index (χ3n) is 4.13. The fourth-order valence-corrected chi connectivity index (χ4v) is 3.01. The van der Waals surface area contributed by atoms with Gasteiger partial charge in [0.25, 0.3) is 0 Å². The number of hydrogen-bond acceptors (Lipinski definition) is 3. The van der Waals surface area contributed by atoms with Gasteiger partial charge in [-0.05, 0) is 30.3 Å². The lowest BCUT2D eigenvalue weighted by Gasteiger charge is -2.31. The second-order valence-electron chi connectivity index (χ2n) is 5.52. The van der Waals surface area contributed by atoms with Crippen molar-refractivity contribution in [1.82, 2.24) is 10.2 Å². The molecule has 0 aliphatic carbocycles. The largest absolute Gasteiger partial charge is 0.456 e. The number of nitrogens with zero attached hydrogens (tertiary/aromatic N) is 1. The van der Waals surface area contributed by atoms with Crippen molar-refractivity contribution in [3.63, 3.8) is 0 Å². The Kier molecular flexibility index (Phi) is 3.31. The van der Waals surface area contributed by atoms with Crippen molar-refractivity contribution in [1.29, 1.82) is 0 Å². The van der Waals surface area contributed by atoms with E-state index in [0.29, 0.717) is 11.3 Å². The third kappa shape index (κ3) is 2.25. The Balaban J connectivity index is 1.90. The van der Waals surface area contributed by atoms with Crippen LogP contribution in [0.5, 0.6) is 11.5 Å². The summed E-state index contributed by atoms with van der Waals surface area (Å²) in [6, 6.07) is 12.9. The molecule has 22 heavy (non-hydrogen) atoms. The highest BCUT2D eigenvalue weighted by atomic mass is 19.1. The summed E-state index contributed by atoms with van der Waals surface area (Å²) >= 11 is 0. The highest BCUT2D eigenvalue weighted by Crippen LogP contribution is 2.39. The zero-order chi connectivity index (χ0) is 14.9. The van der Waals surface area contributed by atoms with E-state index in [-0.39, 0.29) is 5.82 Å². The van der Waals surface area contributed by atoms with Gasteiger partial charge in [0.2, 0.25) is 0 Å². The van der Waals surface area contributed by atoms with Crippen LogP contribution in [-0.2, 0) is 0 Å². The number of halogens is 1. The van der Waals surface area contributed by atoms with Gasteiger partial charge in [0.05, 0.1) is 5.56 Å². The molecule has 0 saturated carbocycles. The molecule has 2 aromatic rings. The Labute approximate surface area is 129 Å². The summed E-state index contributed by atoms with van der Waals surface area (Å²) < 4.78 is 20.2. The summed E-state index contributed by atoms with van der Waals surface area (Å²) in [5, 5.41) is 3.35. The van der Waals surface area contributed by atoms with Crippen molar-refractivity contribution in [2.45, 2.75) is 0 Å².